The summed E-state index contributed by atoms with van der Waals surface area (Å²) in [6.07, 6.45) is 1.23. The maximum atomic E-state index is 12.7. The average Bonchev–Trinajstić information content (AvgIpc) is 2.80. The summed E-state index contributed by atoms with van der Waals surface area (Å²) in [6.45, 7) is 1.44. The van der Waals surface area contributed by atoms with Crippen molar-refractivity contribution >= 4 is 17.8 Å². The van der Waals surface area contributed by atoms with Gasteiger partial charge < -0.3 is 4.74 Å². The van der Waals surface area contributed by atoms with E-state index in [0.717, 1.165) is 4.68 Å². The van der Waals surface area contributed by atoms with E-state index in [-0.39, 0.29) is 22.5 Å². The molecule has 32 heavy (non-hydrogen) atoms. The Hall–Kier alpha value is -4.85. The number of nitro groups is 1. The number of nitrogens with zero attached hydrogens (tertiary/aromatic N) is 5. The van der Waals surface area contributed by atoms with E-state index in [9.17, 15) is 25.0 Å². The molecule has 0 saturated heterocycles. The van der Waals surface area contributed by atoms with Gasteiger partial charge >= 0.3 is 0 Å². The minimum atomic E-state index is -0.761. The summed E-state index contributed by atoms with van der Waals surface area (Å²) in [5.41, 5.74) is 1.89. The molecular weight excluding hydrogens is 416 g/mol. The van der Waals surface area contributed by atoms with Gasteiger partial charge in [0.2, 0.25) is 0 Å². The summed E-state index contributed by atoms with van der Waals surface area (Å²) >= 11 is 0. The van der Waals surface area contributed by atoms with Crippen molar-refractivity contribution in [2.24, 2.45) is 5.10 Å². The zero-order valence-corrected chi connectivity index (χ0v) is 17.0. The third-order valence-electron chi connectivity index (χ3n) is 4.44. The first-order valence-electron chi connectivity index (χ1n) is 9.12. The number of carbonyl (C=O) groups is 1. The molecule has 3 aromatic rings. The molecule has 1 N–H and O–H groups in total. The van der Waals surface area contributed by atoms with Crippen LogP contribution in [0.1, 0.15) is 27.2 Å². The number of hydrazone groups is 1. The lowest BCUT2D eigenvalue weighted by Gasteiger charge is -2.11. The number of hydrogen-bond acceptors (Lipinski definition) is 8. The second kappa shape index (κ2) is 9.31. The highest BCUT2D eigenvalue weighted by atomic mass is 16.6. The van der Waals surface area contributed by atoms with E-state index in [2.05, 4.69) is 15.6 Å². The predicted molar refractivity (Wildman–Crippen MR) is 114 cm³/mol. The molecule has 0 bridgehead atoms. The van der Waals surface area contributed by atoms with E-state index in [0.29, 0.717) is 17.0 Å². The third-order valence-corrected chi connectivity index (χ3v) is 4.44. The Morgan fingerprint density at radius 1 is 1.31 bits per heavy atom. The van der Waals surface area contributed by atoms with Crippen molar-refractivity contribution in [3.63, 3.8) is 0 Å². The zero-order valence-electron chi connectivity index (χ0n) is 17.0. The van der Waals surface area contributed by atoms with Gasteiger partial charge in [-0.1, -0.05) is 12.1 Å². The largest absolute Gasteiger partial charge is 0.497 e. The number of nitro benzene ring substituents is 1. The first kappa shape index (κ1) is 21.8. The normalized spacial score (nSPS) is 10.5. The van der Waals surface area contributed by atoms with Gasteiger partial charge in [0.15, 0.2) is 5.69 Å². The van der Waals surface area contributed by atoms with Crippen molar-refractivity contribution in [1.82, 2.24) is 15.2 Å². The fraction of sp³-hybridized carbons (Fsp3) is 0.0952. The fourth-order valence-corrected chi connectivity index (χ4v) is 2.79. The van der Waals surface area contributed by atoms with Gasteiger partial charge in [-0.25, -0.2) is 5.43 Å². The SMILES string of the molecule is COc1ccc(-n2nc(C(=O)N/N=C/c3cccc([N+](=O)[O-])c3)c(C)c(C#N)c2=O)cc1. The number of hydrogen-bond donors (Lipinski definition) is 1. The Morgan fingerprint density at radius 3 is 2.66 bits per heavy atom. The topological polar surface area (TPSA) is 153 Å². The van der Waals surface area contributed by atoms with E-state index in [1.54, 1.807) is 30.3 Å². The molecule has 0 atom stereocenters. The predicted octanol–water partition coefficient (Wildman–Crippen LogP) is 2.09. The van der Waals surface area contributed by atoms with Crippen LogP contribution in [0.15, 0.2) is 58.4 Å². The van der Waals surface area contributed by atoms with Gasteiger partial charge in [-0.2, -0.15) is 20.1 Å². The Labute approximate surface area is 181 Å². The van der Waals surface area contributed by atoms with Gasteiger partial charge in [0.1, 0.15) is 17.4 Å². The minimum Gasteiger partial charge on any atom is -0.497 e. The van der Waals surface area contributed by atoms with Crippen molar-refractivity contribution in [2.45, 2.75) is 6.92 Å². The van der Waals surface area contributed by atoms with Crippen LogP contribution in [0, 0.1) is 28.4 Å². The van der Waals surface area contributed by atoms with Crippen LogP contribution in [-0.4, -0.2) is 33.9 Å². The molecule has 160 valence electrons. The molecule has 0 fully saturated rings. The highest BCUT2D eigenvalue weighted by Crippen LogP contribution is 2.15. The number of nitriles is 1. The lowest BCUT2D eigenvalue weighted by molar-refractivity contribution is -0.384. The Bertz CT molecular complexity index is 1320. The molecule has 0 unspecified atom stereocenters. The van der Waals surface area contributed by atoms with E-state index in [1.165, 1.54) is 38.4 Å². The number of ether oxygens (including phenoxy) is 1. The summed E-state index contributed by atoms with van der Waals surface area (Å²) in [4.78, 5) is 35.6. The van der Waals surface area contributed by atoms with Crippen LogP contribution in [0.3, 0.4) is 0 Å². The summed E-state index contributed by atoms with van der Waals surface area (Å²) in [5.74, 6) is -0.203. The second-order valence-electron chi connectivity index (χ2n) is 6.43. The molecule has 0 aliphatic carbocycles. The smallest absolute Gasteiger partial charge is 0.292 e. The van der Waals surface area contributed by atoms with Crippen molar-refractivity contribution in [3.05, 3.63) is 91.4 Å². The molecule has 1 amide bonds. The van der Waals surface area contributed by atoms with Gasteiger partial charge in [0.25, 0.3) is 17.2 Å². The van der Waals surface area contributed by atoms with Crippen LogP contribution < -0.4 is 15.7 Å². The summed E-state index contributed by atoms with van der Waals surface area (Å²) < 4.78 is 6.03. The average molecular weight is 432 g/mol. The van der Waals surface area contributed by atoms with Crippen molar-refractivity contribution in [1.29, 1.82) is 5.26 Å². The van der Waals surface area contributed by atoms with Gasteiger partial charge in [-0.15, -0.1) is 0 Å². The van der Waals surface area contributed by atoms with Crippen molar-refractivity contribution < 1.29 is 14.5 Å². The van der Waals surface area contributed by atoms with Gasteiger partial charge in [0.05, 0.1) is 23.9 Å². The number of rotatable bonds is 6. The van der Waals surface area contributed by atoms with Crippen molar-refractivity contribution in [2.75, 3.05) is 7.11 Å². The molecule has 0 aliphatic rings. The molecule has 0 spiro atoms. The number of non-ortho nitro benzene ring substituents is 1. The van der Waals surface area contributed by atoms with E-state index < -0.39 is 16.4 Å². The van der Waals surface area contributed by atoms with E-state index in [1.807, 2.05) is 6.07 Å². The Kier molecular flexibility index (Phi) is 6.36. The molecule has 11 nitrogen and oxygen atoms in total. The van der Waals surface area contributed by atoms with Gasteiger partial charge in [-0.3, -0.25) is 19.7 Å². The molecule has 1 heterocycles. The lowest BCUT2D eigenvalue weighted by Crippen LogP contribution is -2.31. The van der Waals surface area contributed by atoms with E-state index in [4.69, 9.17) is 4.74 Å². The summed E-state index contributed by atoms with van der Waals surface area (Å²) in [6, 6.07) is 13.8. The third kappa shape index (κ3) is 4.49. The van der Waals surface area contributed by atoms with Crippen LogP contribution in [-0.2, 0) is 0 Å². The van der Waals surface area contributed by atoms with Crippen molar-refractivity contribution in [3.8, 4) is 17.5 Å². The minimum absolute atomic E-state index is 0.102. The molecule has 2 aromatic carbocycles. The molecule has 3 rings (SSSR count). The van der Waals surface area contributed by atoms with E-state index >= 15 is 0 Å². The first-order valence-corrected chi connectivity index (χ1v) is 9.12. The maximum absolute atomic E-state index is 12.7. The number of carbonyl (C=O) groups excluding carboxylic acids is 1. The first-order chi connectivity index (χ1) is 15.3. The number of nitrogens with one attached hydrogen (secondary N) is 1. The highest BCUT2D eigenvalue weighted by molar-refractivity contribution is 5.94. The molecule has 0 radical (unpaired) electrons. The zero-order chi connectivity index (χ0) is 23.3. The van der Waals surface area contributed by atoms with Crippen LogP contribution in [0.5, 0.6) is 5.75 Å². The Morgan fingerprint density at radius 2 is 2.03 bits per heavy atom. The summed E-state index contributed by atoms with van der Waals surface area (Å²) in [5, 5.41) is 28.2. The van der Waals surface area contributed by atoms with Gasteiger partial charge in [-0.05, 0) is 31.2 Å². The lowest BCUT2D eigenvalue weighted by atomic mass is 10.1. The number of aromatic nitrogens is 2. The molecule has 0 saturated carbocycles. The number of amides is 1. The maximum Gasteiger partial charge on any atom is 0.292 e. The summed E-state index contributed by atoms with van der Waals surface area (Å²) in [7, 11) is 1.50. The highest BCUT2D eigenvalue weighted by Gasteiger charge is 2.20. The molecular formula is C21H16N6O5. The number of methoxy groups -OCH3 is 1. The van der Waals surface area contributed by atoms with Crippen LogP contribution in [0.4, 0.5) is 5.69 Å². The fourth-order valence-electron chi connectivity index (χ4n) is 2.79. The van der Waals surface area contributed by atoms with Crippen LogP contribution in [0.25, 0.3) is 5.69 Å². The number of benzene rings is 2. The second-order valence-corrected chi connectivity index (χ2v) is 6.43. The van der Waals surface area contributed by atoms with Gasteiger partial charge in [0, 0.05) is 23.3 Å². The van der Waals surface area contributed by atoms with Crippen LogP contribution in [0.2, 0.25) is 0 Å². The molecule has 1 aromatic heterocycles. The molecule has 0 aliphatic heterocycles. The standard InChI is InChI=1S/C21H16N6O5/c1-13-18(11-22)21(29)26(15-6-8-17(32-2)9-7-15)25-19(13)20(28)24-23-12-14-4-3-5-16(10-14)27(30)31/h3-10,12H,1-2H3,(H,24,28)/b23-12+. The quantitative estimate of drug-likeness (QED) is 0.355. The monoisotopic (exact) mass is 432 g/mol. The van der Waals surface area contributed by atoms with Crippen LogP contribution >= 0.6 is 0 Å². The Balaban J connectivity index is 1.93. The molecule has 11 heteroatoms.